The number of carbonyl (C=O) groups is 1. The molecule has 0 spiro atoms. The van der Waals surface area contributed by atoms with Crippen LogP contribution in [0.15, 0.2) is 48.5 Å². The zero-order valence-electron chi connectivity index (χ0n) is 17.7. The third-order valence-electron chi connectivity index (χ3n) is 5.20. The largest absolute Gasteiger partial charge is 0.418 e. The molecule has 2 N–H and O–H groups in total. The molecule has 2 rings (SSSR count). The summed E-state index contributed by atoms with van der Waals surface area (Å²) in [6.45, 7) is 4.44. The summed E-state index contributed by atoms with van der Waals surface area (Å²) >= 11 is 0. The number of anilines is 2. The number of para-hydroxylation sites is 2. The Balaban J connectivity index is 1.96. The van der Waals surface area contributed by atoms with Crippen LogP contribution in [0.2, 0.25) is 0 Å². The number of unbranched alkanes of at least 4 members (excludes halogenated alkanes) is 3. The van der Waals surface area contributed by atoms with Gasteiger partial charge in [-0.15, -0.1) is 0 Å². The van der Waals surface area contributed by atoms with E-state index in [1.54, 1.807) is 12.1 Å². The Labute approximate surface area is 177 Å². The predicted octanol–water partition coefficient (Wildman–Crippen LogP) is 7.89. The molecule has 0 heterocycles. The molecule has 1 atom stereocenters. The van der Waals surface area contributed by atoms with Gasteiger partial charge < -0.3 is 10.6 Å². The molecular formula is C24H31F3N2O. The van der Waals surface area contributed by atoms with Crippen molar-refractivity contribution in [2.24, 2.45) is 5.92 Å². The Morgan fingerprint density at radius 3 is 2.23 bits per heavy atom. The van der Waals surface area contributed by atoms with Gasteiger partial charge in [0.05, 0.1) is 11.3 Å². The summed E-state index contributed by atoms with van der Waals surface area (Å²) in [7, 11) is 0. The van der Waals surface area contributed by atoms with E-state index in [4.69, 9.17) is 0 Å². The van der Waals surface area contributed by atoms with Crippen LogP contribution in [0.1, 0.15) is 63.5 Å². The molecule has 0 aliphatic heterocycles. The number of aryl methyl sites for hydroxylation is 1. The summed E-state index contributed by atoms with van der Waals surface area (Å²) in [6, 6.07) is 11.7. The zero-order valence-corrected chi connectivity index (χ0v) is 17.7. The Hall–Kier alpha value is -2.50. The monoisotopic (exact) mass is 420 g/mol. The van der Waals surface area contributed by atoms with E-state index < -0.39 is 17.8 Å². The van der Waals surface area contributed by atoms with Crippen molar-refractivity contribution in [2.45, 2.75) is 65.0 Å². The number of halogens is 3. The molecule has 3 nitrogen and oxygen atoms in total. The van der Waals surface area contributed by atoms with Gasteiger partial charge in [-0.05, 0) is 42.5 Å². The highest BCUT2D eigenvalue weighted by Gasteiger charge is 2.33. The third kappa shape index (κ3) is 7.73. The van der Waals surface area contributed by atoms with E-state index in [1.807, 2.05) is 12.1 Å². The summed E-state index contributed by atoms with van der Waals surface area (Å²) in [5.41, 5.74) is 0.473. The third-order valence-corrected chi connectivity index (χ3v) is 5.20. The van der Waals surface area contributed by atoms with Crippen LogP contribution in [0.25, 0.3) is 0 Å². The molecule has 30 heavy (non-hydrogen) atoms. The van der Waals surface area contributed by atoms with Crippen molar-refractivity contribution in [1.29, 1.82) is 0 Å². The number of benzene rings is 2. The predicted molar refractivity (Wildman–Crippen MR) is 117 cm³/mol. The summed E-state index contributed by atoms with van der Waals surface area (Å²) in [6.07, 6.45) is 3.46. The molecule has 0 saturated carbocycles. The van der Waals surface area contributed by atoms with Gasteiger partial charge in [-0.3, -0.25) is 0 Å². The standard InChI is InChI=1S/C24H31F3N2O/c1-3-4-5-6-11-18(2)16-17-19-12-7-9-14-21(19)28-23(30)29-22-15-10-8-13-20(22)24(25,26)27/h7-10,12-15,18H,3-6,11,16-17H2,1-2H3,(H2,28,29,30). The minimum absolute atomic E-state index is 0.263. The highest BCUT2D eigenvalue weighted by Crippen LogP contribution is 2.34. The second-order valence-corrected chi connectivity index (χ2v) is 7.77. The smallest absolute Gasteiger partial charge is 0.307 e. The number of rotatable bonds is 10. The van der Waals surface area contributed by atoms with Crippen molar-refractivity contribution < 1.29 is 18.0 Å². The van der Waals surface area contributed by atoms with Crippen LogP contribution in [0.4, 0.5) is 29.3 Å². The van der Waals surface area contributed by atoms with Gasteiger partial charge in [0.1, 0.15) is 0 Å². The van der Waals surface area contributed by atoms with E-state index in [0.717, 1.165) is 24.5 Å². The van der Waals surface area contributed by atoms with Gasteiger partial charge >= 0.3 is 12.2 Å². The second-order valence-electron chi connectivity index (χ2n) is 7.77. The summed E-state index contributed by atoms with van der Waals surface area (Å²) in [5.74, 6) is 0.586. The fourth-order valence-corrected chi connectivity index (χ4v) is 3.44. The number of hydrogen-bond acceptors (Lipinski definition) is 1. The molecule has 2 aromatic carbocycles. The van der Waals surface area contributed by atoms with Gasteiger partial charge in [-0.2, -0.15) is 13.2 Å². The molecule has 164 valence electrons. The van der Waals surface area contributed by atoms with Crippen LogP contribution in [-0.4, -0.2) is 6.03 Å². The molecule has 0 aliphatic carbocycles. The fraction of sp³-hybridized carbons (Fsp3) is 0.458. The number of alkyl halides is 3. The van der Waals surface area contributed by atoms with Crippen molar-refractivity contribution in [3.63, 3.8) is 0 Å². The average molecular weight is 421 g/mol. The van der Waals surface area contributed by atoms with Crippen LogP contribution >= 0.6 is 0 Å². The van der Waals surface area contributed by atoms with Gasteiger partial charge in [0.2, 0.25) is 0 Å². The number of hydrogen-bond donors (Lipinski definition) is 2. The number of nitrogens with one attached hydrogen (secondary N) is 2. The lowest BCUT2D eigenvalue weighted by Gasteiger charge is -2.16. The van der Waals surface area contributed by atoms with Crippen molar-refractivity contribution in [3.8, 4) is 0 Å². The highest BCUT2D eigenvalue weighted by molar-refractivity contribution is 6.00. The first-order valence-corrected chi connectivity index (χ1v) is 10.6. The maximum atomic E-state index is 13.1. The van der Waals surface area contributed by atoms with Gasteiger partial charge in [-0.25, -0.2) is 4.79 Å². The Bertz CT molecular complexity index is 805. The Kier molecular flexibility index (Phi) is 9.21. The average Bonchev–Trinajstić information content (AvgIpc) is 2.70. The lowest BCUT2D eigenvalue weighted by atomic mass is 9.95. The summed E-state index contributed by atoms with van der Waals surface area (Å²) in [4.78, 5) is 12.4. The van der Waals surface area contributed by atoms with Gasteiger partial charge in [0.25, 0.3) is 0 Å². The Morgan fingerprint density at radius 1 is 0.900 bits per heavy atom. The van der Waals surface area contributed by atoms with Gasteiger partial charge in [-0.1, -0.05) is 76.3 Å². The summed E-state index contributed by atoms with van der Waals surface area (Å²) < 4.78 is 39.4. The minimum atomic E-state index is -4.53. The first-order chi connectivity index (χ1) is 14.3. The molecule has 0 aliphatic rings. The van der Waals surface area contributed by atoms with Crippen LogP contribution < -0.4 is 10.6 Å². The van der Waals surface area contributed by atoms with E-state index in [9.17, 15) is 18.0 Å². The second kappa shape index (κ2) is 11.6. The zero-order chi connectivity index (χ0) is 22.0. The van der Waals surface area contributed by atoms with E-state index >= 15 is 0 Å². The maximum Gasteiger partial charge on any atom is 0.418 e. The Morgan fingerprint density at radius 2 is 1.53 bits per heavy atom. The maximum absolute atomic E-state index is 13.1. The number of urea groups is 1. The van der Waals surface area contributed by atoms with Crippen molar-refractivity contribution in [3.05, 3.63) is 59.7 Å². The SMILES string of the molecule is CCCCCCC(C)CCc1ccccc1NC(=O)Nc1ccccc1C(F)(F)F. The molecule has 6 heteroatoms. The molecule has 0 bridgehead atoms. The van der Waals surface area contributed by atoms with Crippen LogP contribution in [-0.2, 0) is 12.6 Å². The lowest BCUT2D eigenvalue weighted by Crippen LogP contribution is -2.22. The van der Waals surface area contributed by atoms with Crippen LogP contribution in [0.3, 0.4) is 0 Å². The lowest BCUT2D eigenvalue weighted by molar-refractivity contribution is -0.136. The first kappa shape index (κ1) is 23.8. The minimum Gasteiger partial charge on any atom is -0.307 e. The number of carbonyl (C=O) groups excluding carboxylic acids is 1. The van der Waals surface area contributed by atoms with Gasteiger partial charge in [0.15, 0.2) is 0 Å². The number of amides is 2. The quantitative estimate of drug-likeness (QED) is 0.377. The molecule has 0 fully saturated rings. The molecule has 0 radical (unpaired) electrons. The molecule has 2 amide bonds. The van der Waals surface area contributed by atoms with E-state index in [0.29, 0.717) is 11.6 Å². The van der Waals surface area contributed by atoms with Gasteiger partial charge in [0, 0.05) is 5.69 Å². The van der Waals surface area contributed by atoms with E-state index in [-0.39, 0.29) is 5.69 Å². The summed E-state index contributed by atoms with van der Waals surface area (Å²) in [5, 5.41) is 5.03. The van der Waals surface area contributed by atoms with E-state index in [2.05, 4.69) is 24.5 Å². The molecule has 2 aromatic rings. The first-order valence-electron chi connectivity index (χ1n) is 10.6. The van der Waals surface area contributed by atoms with Crippen LogP contribution in [0, 0.1) is 5.92 Å². The van der Waals surface area contributed by atoms with Crippen molar-refractivity contribution >= 4 is 17.4 Å². The molecule has 0 saturated heterocycles. The molecule has 1 unspecified atom stereocenters. The van der Waals surface area contributed by atoms with Crippen LogP contribution in [0.5, 0.6) is 0 Å². The van der Waals surface area contributed by atoms with Crippen molar-refractivity contribution in [2.75, 3.05) is 10.6 Å². The normalized spacial score (nSPS) is 12.4. The van der Waals surface area contributed by atoms with E-state index in [1.165, 1.54) is 50.3 Å². The molecule has 0 aromatic heterocycles. The molecular weight excluding hydrogens is 389 g/mol. The fourth-order valence-electron chi connectivity index (χ4n) is 3.44. The van der Waals surface area contributed by atoms with Crippen molar-refractivity contribution in [1.82, 2.24) is 0 Å². The topological polar surface area (TPSA) is 41.1 Å². The highest BCUT2D eigenvalue weighted by atomic mass is 19.4.